The van der Waals surface area contributed by atoms with Gasteiger partial charge in [0.15, 0.2) is 0 Å². The van der Waals surface area contributed by atoms with Crippen LogP contribution in [0.4, 0.5) is 0 Å². The molecule has 0 aliphatic carbocycles. The van der Waals surface area contributed by atoms with Crippen molar-refractivity contribution >= 4 is 27.5 Å². The Labute approximate surface area is 195 Å². The lowest BCUT2D eigenvalue weighted by Gasteiger charge is -2.38. The highest BCUT2D eigenvalue weighted by Crippen LogP contribution is 2.35. The Morgan fingerprint density at radius 3 is 2.44 bits per heavy atom. The van der Waals surface area contributed by atoms with Crippen LogP contribution in [-0.2, 0) is 25.0 Å². The number of benzene rings is 2. The van der Waals surface area contributed by atoms with Crippen molar-refractivity contribution in [3.63, 3.8) is 0 Å². The first-order valence-electron chi connectivity index (χ1n) is 11.0. The van der Waals surface area contributed by atoms with Gasteiger partial charge in [0.05, 0.1) is 4.90 Å². The maximum absolute atomic E-state index is 13.2. The molecule has 1 atom stereocenters. The van der Waals surface area contributed by atoms with Crippen LogP contribution in [0.15, 0.2) is 53.4 Å². The highest BCUT2D eigenvalue weighted by Gasteiger charge is 2.41. The molecule has 0 spiro atoms. The monoisotopic (exact) mass is 476 g/mol. The maximum atomic E-state index is 13.2. The molecule has 2 heterocycles. The molecule has 1 amide bonds. The lowest BCUT2D eigenvalue weighted by molar-refractivity contribution is -0.124. The van der Waals surface area contributed by atoms with Gasteiger partial charge in [-0.25, -0.2) is 8.42 Å². The minimum atomic E-state index is -3.73. The van der Waals surface area contributed by atoms with Gasteiger partial charge in [0.1, 0.15) is 6.04 Å². The van der Waals surface area contributed by atoms with Crippen LogP contribution in [0.3, 0.4) is 0 Å². The molecule has 2 fully saturated rings. The van der Waals surface area contributed by atoms with Crippen molar-refractivity contribution in [3.05, 3.63) is 64.7 Å². The van der Waals surface area contributed by atoms with Gasteiger partial charge in [-0.05, 0) is 62.4 Å². The van der Waals surface area contributed by atoms with Gasteiger partial charge in [-0.15, -0.1) is 0 Å². The Morgan fingerprint density at radius 2 is 1.78 bits per heavy atom. The van der Waals surface area contributed by atoms with Gasteiger partial charge in [-0.2, -0.15) is 4.31 Å². The summed E-state index contributed by atoms with van der Waals surface area (Å²) in [6, 6.07) is 13.8. The first-order chi connectivity index (χ1) is 15.3. The highest BCUT2D eigenvalue weighted by molar-refractivity contribution is 7.89. The SMILES string of the molecule is Cc1ccc(S(=O)(=O)N2CCC[C@H]2C(=O)NCC2(c3ccc(Cl)cc3)CCOCC2)cc1. The Kier molecular flexibility index (Phi) is 6.91. The number of nitrogens with one attached hydrogen (secondary N) is 1. The van der Waals surface area contributed by atoms with Gasteiger partial charge >= 0.3 is 0 Å². The van der Waals surface area contributed by atoms with E-state index in [4.69, 9.17) is 16.3 Å². The zero-order chi connectivity index (χ0) is 22.8. The van der Waals surface area contributed by atoms with E-state index in [1.54, 1.807) is 24.3 Å². The number of amides is 1. The Balaban J connectivity index is 1.50. The molecule has 0 saturated carbocycles. The van der Waals surface area contributed by atoms with E-state index in [1.165, 1.54) is 4.31 Å². The number of sulfonamides is 1. The molecule has 1 N–H and O–H groups in total. The number of rotatable bonds is 6. The van der Waals surface area contributed by atoms with Crippen molar-refractivity contribution in [2.24, 2.45) is 0 Å². The van der Waals surface area contributed by atoms with Gasteiger partial charge < -0.3 is 10.1 Å². The van der Waals surface area contributed by atoms with Gasteiger partial charge in [0, 0.05) is 36.7 Å². The lowest BCUT2D eigenvalue weighted by Crippen LogP contribution is -2.50. The molecule has 2 aromatic rings. The average Bonchev–Trinajstić information content (AvgIpc) is 3.30. The summed E-state index contributed by atoms with van der Waals surface area (Å²) >= 11 is 6.07. The molecule has 32 heavy (non-hydrogen) atoms. The maximum Gasteiger partial charge on any atom is 0.243 e. The second-order valence-electron chi connectivity index (χ2n) is 8.70. The Morgan fingerprint density at radius 1 is 1.12 bits per heavy atom. The lowest BCUT2D eigenvalue weighted by atomic mass is 9.74. The van der Waals surface area contributed by atoms with Crippen molar-refractivity contribution in [3.8, 4) is 0 Å². The third-order valence-electron chi connectivity index (χ3n) is 6.64. The summed E-state index contributed by atoms with van der Waals surface area (Å²) < 4.78 is 33.3. The normalized spacial score (nSPS) is 21.4. The first kappa shape index (κ1) is 23.2. The Bertz CT molecular complexity index is 1050. The van der Waals surface area contributed by atoms with Crippen molar-refractivity contribution in [1.82, 2.24) is 9.62 Å². The number of carbonyl (C=O) groups excluding carboxylic acids is 1. The first-order valence-corrected chi connectivity index (χ1v) is 12.8. The molecule has 6 nitrogen and oxygen atoms in total. The van der Waals surface area contributed by atoms with Crippen LogP contribution >= 0.6 is 11.6 Å². The molecule has 0 unspecified atom stereocenters. The highest BCUT2D eigenvalue weighted by atomic mass is 35.5. The van der Waals surface area contributed by atoms with E-state index in [0.29, 0.717) is 44.2 Å². The van der Waals surface area contributed by atoms with Crippen molar-refractivity contribution in [1.29, 1.82) is 0 Å². The number of aryl methyl sites for hydroxylation is 1. The summed E-state index contributed by atoms with van der Waals surface area (Å²) in [4.78, 5) is 13.4. The quantitative estimate of drug-likeness (QED) is 0.690. The predicted molar refractivity (Wildman–Crippen MR) is 124 cm³/mol. The van der Waals surface area contributed by atoms with E-state index in [-0.39, 0.29) is 16.2 Å². The number of ether oxygens (including phenoxy) is 1. The molecule has 172 valence electrons. The topological polar surface area (TPSA) is 75.7 Å². The molecule has 2 saturated heterocycles. The van der Waals surface area contributed by atoms with E-state index in [9.17, 15) is 13.2 Å². The third kappa shape index (κ3) is 4.71. The summed E-state index contributed by atoms with van der Waals surface area (Å²) in [6.45, 7) is 3.94. The van der Waals surface area contributed by atoms with Crippen molar-refractivity contribution < 1.29 is 17.9 Å². The van der Waals surface area contributed by atoms with E-state index in [0.717, 1.165) is 24.0 Å². The summed E-state index contributed by atoms with van der Waals surface area (Å²) in [5.41, 5.74) is 1.85. The van der Waals surface area contributed by atoms with E-state index in [2.05, 4.69) is 5.32 Å². The number of hydrogen-bond donors (Lipinski definition) is 1. The molecule has 4 rings (SSSR count). The summed E-state index contributed by atoms with van der Waals surface area (Å²) in [5, 5.41) is 3.75. The minimum Gasteiger partial charge on any atom is -0.381 e. The van der Waals surface area contributed by atoms with E-state index >= 15 is 0 Å². The zero-order valence-corrected chi connectivity index (χ0v) is 19.8. The number of hydrogen-bond acceptors (Lipinski definition) is 4. The van der Waals surface area contributed by atoms with E-state index in [1.807, 2.05) is 31.2 Å². The van der Waals surface area contributed by atoms with E-state index < -0.39 is 16.1 Å². The summed E-state index contributed by atoms with van der Waals surface area (Å²) in [5.74, 6) is -0.238. The molecular formula is C24H29ClN2O4S. The fraction of sp³-hybridized carbons (Fsp3) is 0.458. The van der Waals surface area contributed by atoms with Gasteiger partial charge in [0.2, 0.25) is 15.9 Å². The minimum absolute atomic E-state index is 0.227. The van der Waals surface area contributed by atoms with Crippen molar-refractivity contribution in [2.75, 3.05) is 26.3 Å². The van der Waals surface area contributed by atoms with Crippen LogP contribution in [0.1, 0.15) is 36.8 Å². The molecule has 2 aromatic carbocycles. The fourth-order valence-electron chi connectivity index (χ4n) is 4.64. The van der Waals surface area contributed by atoms with Crippen LogP contribution in [0, 0.1) is 6.92 Å². The van der Waals surface area contributed by atoms with Crippen LogP contribution in [0.5, 0.6) is 0 Å². The van der Waals surface area contributed by atoms with Gasteiger partial charge in [-0.1, -0.05) is 41.4 Å². The predicted octanol–water partition coefficient (Wildman–Crippen LogP) is 3.67. The third-order valence-corrected chi connectivity index (χ3v) is 8.82. The van der Waals surface area contributed by atoms with Crippen LogP contribution in [0.2, 0.25) is 5.02 Å². The van der Waals surface area contributed by atoms with Gasteiger partial charge in [0.25, 0.3) is 0 Å². The largest absolute Gasteiger partial charge is 0.381 e. The zero-order valence-electron chi connectivity index (χ0n) is 18.2. The standard InChI is InChI=1S/C24H29ClN2O4S/c1-18-4-10-21(11-5-18)32(29,30)27-14-2-3-22(27)23(28)26-17-24(12-15-31-16-13-24)19-6-8-20(25)9-7-19/h4-11,22H,2-3,12-17H2,1H3,(H,26,28)/t22-/m0/s1. The summed E-state index contributed by atoms with van der Waals surface area (Å²) in [7, 11) is -3.73. The van der Waals surface area contributed by atoms with Gasteiger partial charge in [-0.3, -0.25) is 4.79 Å². The van der Waals surface area contributed by atoms with Crippen molar-refractivity contribution in [2.45, 2.75) is 49.0 Å². The number of halogens is 1. The second-order valence-corrected chi connectivity index (χ2v) is 11.0. The second kappa shape index (κ2) is 9.51. The molecular weight excluding hydrogens is 448 g/mol. The average molecular weight is 477 g/mol. The number of nitrogens with zero attached hydrogens (tertiary/aromatic N) is 1. The molecule has 2 aliphatic heterocycles. The molecule has 0 radical (unpaired) electrons. The van der Waals surface area contributed by atoms with Crippen LogP contribution in [0.25, 0.3) is 0 Å². The fourth-order valence-corrected chi connectivity index (χ4v) is 6.43. The molecule has 0 bridgehead atoms. The smallest absolute Gasteiger partial charge is 0.243 e. The molecule has 8 heteroatoms. The van der Waals surface area contributed by atoms with Crippen LogP contribution in [-0.4, -0.2) is 51.0 Å². The summed E-state index contributed by atoms with van der Waals surface area (Å²) in [6.07, 6.45) is 2.75. The van der Waals surface area contributed by atoms with Crippen LogP contribution < -0.4 is 5.32 Å². The molecule has 2 aliphatic rings. The Hall–Kier alpha value is -1.93. The number of carbonyl (C=O) groups is 1. The molecule has 0 aromatic heterocycles.